The summed E-state index contributed by atoms with van der Waals surface area (Å²) in [6.07, 6.45) is 5.55. The van der Waals surface area contributed by atoms with Gasteiger partial charge in [-0.15, -0.1) is 0 Å². The van der Waals surface area contributed by atoms with Crippen LogP contribution in [0, 0.1) is 0 Å². The zero-order valence-corrected chi connectivity index (χ0v) is 21.6. The molecule has 1 unspecified atom stereocenters. The van der Waals surface area contributed by atoms with E-state index in [1.165, 1.54) is 31.4 Å². The summed E-state index contributed by atoms with van der Waals surface area (Å²) in [4.78, 5) is 37.1. The summed E-state index contributed by atoms with van der Waals surface area (Å²) in [6.45, 7) is 6.41. The fourth-order valence-corrected chi connectivity index (χ4v) is 5.72. The molecule has 0 saturated carbocycles. The molecule has 6 rings (SSSR count). The lowest BCUT2D eigenvalue weighted by Crippen LogP contribution is -2.50. The van der Waals surface area contributed by atoms with Gasteiger partial charge in [-0.25, -0.2) is 13.9 Å². The van der Waals surface area contributed by atoms with E-state index in [9.17, 15) is 19.1 Å². The molecule has 2 atom stereocenters. The van der Waals surface area contributed by atoms with Gasteiger partial charge in [-0.3, -0.25) is 14.5 Å². The van der Waals surface area contributed by atoms with Gasteiger partial charge in [0.05, 0.1) is 29.7 Å². The van der Waals surface area contributed by atoms with Gasteiger partial charge in [0, 0.05) is 50.2 Å². The second-order valence-corrected chi connectivity index (χ2v) is 11.0. The van der Waals surface area contributed by atoms with Gasteiger partial charge in [-0.1, -0.05) is 0 Å². The summed E-state index contributed by atoms with van der Waals surface area (Å²) in [5, 5.41) is 17.3. The molecule has 0 spiro atoms. The fraction of sp³-hybridized carbons (Fsp3) is 0.481. The van der Waals surface area contributed by atoms with Crippen LogP contribution in [0.25, 0.3) is 5.65 Å². The van der Waals surface area contributed by atoms with E-state index in [1.54, 1.807) is 23.0 Å². The zero-order valence-electron chi connectivity index (χ0n) is 21.6. The number of hydrogen-bond acceptors (Lipinski definition) is 7. The molecule has 0 bridgehead atoms. The Morgan fingerprint density at radius 1 is 1.29 bits per heavy atom. The number of alkyl halides is 1. The number of anilines is 2. The van der Waals surface area contributed by atoms with Gasteiger partial charge in [0.2, 0.25) is 0 Å². The number of aliphatic hydroxyl groups is 1. The minimum absolute atomic E-state index is 0.206. The summed E-state index contributed by atoms with van der Waals surface area (Å²) in [5.41, 5.74) is 1.85. The van der Waals surface area contributed by atoms with Gasteiger partial charge in [0.15, 0.2) is 5.65 Å². The summed E-state index contributed by atoms with van der Waals surface area (Å²) in [5.74, 6) is -0.608. The van der Waals surface area contributed by atoms with Crippen molar-refractivity contribution in [1.29, 1.82) is 0 Å². The van der Waals surface area contributed by atoms with Crippen molar-refractivity contribution in [2.24, 2.45) is 0 Å². The van der Waals surface area contributed by atoms with Crippen LogP contribution < -0.4 is 10.2 Å². The average Bonchev–Trinajstić information content (AvgIpc) is 3.60. The lowest BCUT2D eigenvalue weighted by Gasteiger charge is -2.39. The number of hydrogen-bond donors (Lipinski definition) is 2. The fourth-order valence-electron chi connectivity index (χ4n) is 5.72. The van der Waals surface area contributed by atoms with Crippen LogP contribution >= 0.6 is 0 Å². The number of piperazine rings is 1. The number of rotatable bonds is 6. The van der Waals surface area contributed by atoms with Crippen LogP contribution in [-0.2, 0) is 6.54 Å². The molecule has 2 amide bonds. The molecule has 2 N–H and O–H groups in total. The molecule has 0 aliphatic carbocycles. The highest BCUT2D eigenvalue weighted by Gasteiger charge is 2.37. The lowest BCUT2D eigenvalue weighted by atomic mass is 10.0. The van der Waals surface area contributed by atoms with Crippen LogP contribution in [0.1, 0.15) is 53.0 Å². The first-order chi connectivity index (χ1) is 18.2. The minimum atomic E-state index is -1.59. The average molecular weight is 522 g/mol. The highest BCUT2D eigenvalue weighted by Crippen LogP contribution is 2.37. The monoisotopic (exact) mass is 521 g/mol. The topological polar surface area (TPSA) is 106 Å². The van der Waals surface area contributed by atoms with Crippen LogP contribution in [0.15, 0.2) is 36.8 Å². The molecule has 2 aromatic heterocycles. The Hall–Kier alpha value is -3.57. The van der Waals surface area contributed by atoms with Crippen LogP contribution in [0.2, 0.25) is 0 Å². The van der Waals surface area contributed by atoms with Gasteiger partial charge in [-0.2, -0.15) is 5.10 Å². The Bertz CT molecular complexity index is 1400. The summed E-state index contributed by atoms with van der Waals surface area (Å²) in [7, 11) is 0. The van der Waals surface area contributed by atoms with Crippen molar-refractivity contribution >= 4 is 28.8 Å². The number of amides is 2. The molecule has 0 radical (unpaired) electrons. The van der Waals surface area contributed by atoms with Gasteiger partial charge >= 0.3 is 0 Å². The number of benzene rings is 1. The molecule has 1 aromatic carbocycles. The van der Waals surface area contributed by atoms with Crippen molar-refractivity contribution in [1.82, 2.24) is 24.4 Å². The largest absolute Gasteiger partial charge is 0.387 e. The van der Waals surface area contributed by atoms with Crippen molar-refractivity contribution in [2.75, 3.05) is 42.9 Å². The molecule has 38 heavy (non-hydrogen) atoms. The number of fused-ring (bicyclic) bond motifs is 3. The predicted molar refractivity (Wildman–Crippen MR) is 140 cm³/mol. The van der Waals surface area contributed by atoms with E-state index in [4.69, 9.17) is 0 Å². The van der Waals surface area contributed by atoms with Gasteiger partial charge < -0.3 is 20.2 Å². The quantitative estimate of drug-likeness (QED) is 0.513. The van der Waals surface area contributed by atoms with Gasteiger partial charge in [0.1, 0.15) is 11.7 Å². The molecule has 200 valence electrons. The van der Waals surface area contributed by atoms with E-state index < -0.39 is 11.8 Å². The van der Waals surface area contributed by atoms with E-state index in [-0.39, 0.29) is 24.9 Å². The highest BCUT2D eigenvalue weighted by molar-refractivity contribution is 6.10. The lowest BCUT2D eigenvalue weighted by molar-refractivity contribution is -0.0159. The Morgan fingerprint density at radius 3 is 2.95 bits per heavy atom. The molecular weight excluding hydrogens is 489 g/mol. The van der Waals surface area contributed by atoms with Crippen LogP contribution in [0.4, 0.5) is 15.8 Å². The molecule has 11 heteroatoms. The molecule has 2 saturated heterocycles. The van der Waals surface area contributed by atoms with E-state index in [0.29, 0.717) is 28.5 Å². The first-order valence-corrected chi connectivity index (χ1v) is 13.1. The van der Waals surface area contributed by atoms with Crippen molar-refractivity contribution in [3.63, 3.8) is 0 Å². The SMILES string of the molecule is CC(C)(O)C(F)CN1Cc2cc(NC(=O)c3cnn4cccnc34)c(N3CCN4CCC[C@@H]4C3)cc2C1=O. The molecule has 3 aromatic rings. The molecular formula is C27H32FN7O3. The van der Waals surface area contributed by atoms with Crippen molar-refractivity contribution in [3.8, 4) is 0 Å². The minimum Gasteiger partial charge on any atom is -0.387 e. The predicted octanol–water partition coefficient (Wildman–Crippen LogP) is 2.33. The van der Waals surface area contributed by atoms with E-state index in [0.717, 1.165) is 43.9 Å². The van der Waals surface area contributed by atoms with E-state index in [2.05, 4.69) is 25.2 Å². The molecule has 10 nitrogen and oxygen atoms in total. The Kier molecular flexibility index (Phi) is 6.07. The summed E-state index contributed by atoms with van der Waals surface area (Å²) < 4.78 is 16.2. The standard InChI is InChI=1S/C27H32FN7O3/c1-27(2,38)23(28)16-34-14-17-11-21(31-25(36)20-13-30-35-8-4-6-29-24(20)35)22(12-19(17)26(34)37)33-10-9-32-7-3-5-18(32)15-33/h4,6,8,11-13,18,23,38H,3,5,7,9-10,14-16H2,1-2H3,(H,31,36)/t18-,23?/m1/s1. The Labute approximate surface area is 220 Å². The molecule has 3 aliphatic heterocycles. The number of halogens is 1. The second-order valence-electron chi connectivity index (χ2n) is 11.0. The van der Waals surface area contributed by atoms with Crippen LogP contribution in [0.3, 0.4) is 0 Å². The van der Waals surface area contributed by atoms with E-state index in [1.807, 2.05) is 12.1 Å². The molecule has 2 fully saturated rings. The number of carbonyl (C=O) groups is 2. The molecule has 3 aliphatic rings. The van der Waals surface area contributed by atoms with Crippen LogP contribution in [-0.4, -0.2) is 91.9 Å². The first-order valence-electron chi connectivity index (χ1n) is 13.1. The normalized spacial score (nSPS) is 20.6. The van der Waals surface area contributed by atoms with E-state index >= 15 is 0 Å². The number of nitrogens with one attached hydrogen (secondary N) is 1. The third-order valence-electron chi connectivity index (χ3n) is 7.95. The maximum absolute atomic E-state index is 14.7. The van der Waals surface area contributed by atoms with Gasteiger partial charge in [0.25, 0.3) is 11.8 Å². The van der Waals surface area contributed by atoms with Crippen molar-refractivity contribution in [3.05, 3.63) is 53.5 Å². The van der Waals surface area contributed by atoms with Crippen LogP contribution in [0.5, 0.6) is 0 Å². The smallest absolute Gasteiger partial charge is 0.261 e. The summed E-state index contributed by atoms with van der Waals surface area (Å²) >= 11 is 0. The third kappa shape index (κ3) is 4.39. The van der Waals surface area contributed by atoms with Crippen molar-refractivity contribution in [2.45, 2.75) is 51.0 Å². The van der Waals surface area contributed by atoms with Gasteiger partial charge in [-0.05, 0) is 57.0 Å². The zero-order chi connectivity index (χ0) is 26.6. The highest BCUT2D eigenvalue weighted by atomic mass is 19.1. The number of carbonyl (C=O) groups excluding carboxylic acids is 2. The third-order valence-corrected chi connectivity index (χ3v) is 7.95. The maximum atomic E-state index is 14.7. The Balaban J connectivity index is 1.33. The Morgan fingerprint density at radius 2 is 2.13 bits per heavy atom. The summed E-state index contributed by atoms with van der Waals surface area (Å²) in [6, 6.07) is 5.85. The second kappa shape index (κ2) is 9.32. The molecule has 5 heterocycles. The number of aromatic nitrogens is 3. The number of nitrogens with zero attached hydrogens (tertiary/aromatic N) is 6. The first kappa shape index (κ1) is 24.7. The maximum Gasteiger partial charge on any atom is 0.261 e. The van der Waals surface area contributed by atoms with Crippen molar-refractivity contribution < 1.29 is 19.1 Å².